The first-order chi connectivity index (χ1) is 13.8. The minimum Gasteiger partial charge on any atom is -0.491 e. The molecule has 1 N–H and O–H groups in total. The van der Waals surface area contributed by atoms with Crippen molar-refractivity contribution < 1.29 is 14.6 Å². The van der Waals surface area contributed by atoms with Crippen LogP contribution in [0.25, 0.3) is 11.1 Å². The first-order valence-corrected chi connectivity index (χ1v) is 10.2. The third-order valence-corrected chi connectivity index (χ3v) is 4.87. The molecule has 0 saturated carbocycles. The molecule has 0 spiro atoms. The molecule has 3 rings (SSSR count). The van der Waals surface area contributed by atoms with Crippen LogP contribution in [0.3, 0.4) is 0 Å². The highest BCUT2D eigenvalue weighted by Crippen LogP contribution is 2.28. The van der Waals surface area contributed by atoms with Gasteiger partial charge in [0.1, 0.15) is 18.5 Å². The van der Waals surface area contributed by atoms with E-state index in [9.17, 15) is 5.11 Å². The highest BCUT2D eigenvalue weighted by molar-refractivity contribution is 6.31. The number of aliphatic hydroxyl groups excluding tert-OH is 1. The fourth-order valence-corrected chi connectivity index (χ4v) is 3.72. The van der Waals surface area contributed by atoms with Crippen molar-refractivity contribution in [3.8, 4) is 16.9 Å². The van der Waals surface area contributed by atoms with Gasteiger partial charge in [-0.05, 0) is 37.6 Å². The van der Waals surface area contributed by atoms with Crippen molar-refractivity contribution in [3.63, 3.8) is 0 Å². The minimum absolute atomic E-state index is 0.170. The van der Waals surface area contributed by atoms with Crippen LogP contribution in [0.4, 0.5) is 5.95 Å². The lowest BCUT2D eigenvalue weighted by molar-refractivity contribution is -0.0786. The summed E-state index contributed by atoms with van der Waals surface area (Å²) in [6, 6.07) is 5.46. The van der Waals surface area contributed by atoms with E-state index in [0.717, 1.165) is 24.2 Å². The first kappa shape index (κ1) is 21.8. The van der Waals surface area contributed by atoms with Crippen LogP contribution in [0.2, 0.25) is 5.02 Å². The van der Waals surface area contributed by atoms with E-state index in [4.69, 9.17) is 21.1 Å². The van der Waals surface area contributed by atoms with Gasteiger partial charge >= 0.3 is 0 Å². The summed E-state index contributed by atoms with van der Waals surface area (Å²) >= 11 is 6.27. The number of rotatable bonds is 7. The fourth-order valence-electron chi connectivity index (χ4n) is 3.49. The van der Waals surface area contributed by atoms with E-state index in [-0.39, 0.29) is 18.8 Å². The van der Waals surface area contributed by atoms with Crippen molar-refractivity contribution in [2.45, 2.75) is 32.2 Å². The van der Waals surface area contributed by atoms with Gasteiger partial charge in [0, 0.05) is 56.7 Å². The second-order valence-corrected chi connectivity index (χ2v) is 8.22. The van der Waals surface area contributed by atoms with Gasteiger partial charge in [0.25, 0.3) is 0 Å². The molecule has 8 heteroatoms. The Hall–Kier alpha value is -1.93. The van der Waals surface area contributed by atoms with E-state index in [1.54, 1.807) is 18.5 Å². The predicted octanol–water partition coefficient (Wildman–Crippen LogP) is 2.71. The van der Waals surface area contributed by atoms with Crippen LogP contribution in [0.1, 0.15) is 13.8 Å². The third-order valence-electron chi connectivity index (χ3n) is 4.65. The Kier molecular flexibility index (Phi) is 7.29. The maximum absolute atomic E-state index is 10.4. The molecule has 1 aromatic heterocycles. The number of β-amino-alcohol motifs (C(OH)–C–C–N with tert-alkyl or cyclic N) is 1. The largest absolute Gasteiger partial charge is 0.491 e. The number of hydrogen-bond acceptors (Lipinski definition) is 7. The average molecular weight is 421 g/mol. The number of morpholine rings is 1. The molecule has 0 radical (unpaired) electrons. The molecule has 1 saturated heterocycles. The van der Waals surface area contributed by atoms with Crippen molar-refractivity contribution in [1.82, 2.24) is 14.9 Å². The van der Waals surface area contributed by atoms with Gasteiger partial charge in [-0.3, -0.25) is 4.90 Å². The number of aromatic nitrogens is 2. The van der Waals surface area contributed by atoms with Crippen molar-refractivity contribution in [2.75, 3.05) is 45.2 Å². The normalized spacial score (nSPS) is 21.0. The van der Waals surface area contributed by atoms with Gasteiger partial charge in [-0.1, -0.05) is 11.6 Å². The summed E-state index contributed by atoms with van der Waals surface area (Å²) in [4.78, 5) is 12.7. The van der Waals surface area contributed by atoms with Crippen LogP contribution in [0.5, 0.6) is 5.75 Å². The van der Waals surface area contributed by atoms with Gasteiger partial charge < -0.3 is 19.5 Å². The molecule has 2 aromatic rings. The summed E-state index contributed by atoms with van der Waals surface area (Å²) in [5, 5.41) is 11.0. The van der Waals surface area contributed by atoms with Crippen molar-refractivity contribution in [2.24, 2.45) is 0 Å². The summed E-state index contributed by atoms with van der Waals surface area (Å²) in [6.45, 7) is 6.46. The van der Waals surface area contributed by atoms with Gasteiger partial charge in [0.05, 0.1) is 12.2 Å². The Morgan fingerprint density at radius 2 is 1.83 bits per heavy atom. The molecule has 1 fully saturated rings. The molecule has 1 unspecified atom stereocenters. The zero-order valence-corrected chi connectivity index (χ0v) is 18.1. The molecular formula is C21H29ClN4O3. The maximum atomic E-state index is 10.4. The second kappa shape index (κ2) is 9.71. The Bertz CT molecular complexity index is 793. The molecule has 0 aliphatic carbocycles. The quantitative estimate of drug-likeness (QED) is 0.738. The highest BCUT2D eigenvalue weighted by Gasteiger charge is 2.24. The lowest BCUT2D eigenvalue weighted by atomic mass is 10.1. The molecule has 1 aliphatic rings. The average Bonchev–Trinajstić information content (AvgIpc) is 2.65. The molecule has 1 aromatic carbocycles. The van der Waals surface area contributed by atoms with Crippen molar-refractivity contribution >= 4 is 17.5 Å². The van der Waals surface area contributed by atoms with Crippen LogP contribution >= 0.6 is 11.6 Å². The Morgan fingerprint density at radius 3 is 2.45 bits per heavy atom. The minimum atomic E-state index is -0.599. The monoisotopic (exact) mass is 420 g/mol. The molecule has 0 bridgehead atoms. The number of aliphatic hydroxyl groups is 1. The van der Waals surface area contributed by atoms with Gasteiger partial charge in [-0.25, -0.2) is 9.97 Å². The summed E-state index contributed by atoms with van der Waals surface area (Å²) in [7, 11) is 3.79. The van der Waals surface area contributed by atoms with Gasteiger partial charge in [-0.15, -0.1) is 0 Å². The van der Waals surface area contributed by atoms with Crippen LogP contribution < -0.4 is 9.64 Å². The fraction of sp³-hybridized carbons (Fsp3) is 0.524. The number of benzene rings is 1. The van der Waals surface area contributed by atoms with E-state index < -0.39 is 6.10 Å². The molecule has 3 atom stereocenters. The van der Waals surface area contributed by atoms with Gasteiger partial charge in [0.2, 0.25) is 5.95 Å². The molecule has 7 nitrogen and oxygen atoms in total. The van der Waals surface area contributed by atoms with E-state index in [1.165, 1.54) is 0 Å². The Labute approximate surface area is 177 Å². The van der Waals surface area contributed by atoms with Gasteiger partial charge in [0.15, 0.2) is 0 Å². The summed E-state index contributed by atoms with van der Waals surface area (Å²) in [6.07, 6.45) is 3.25. The topological polar surface area (TPSA) is 71.0 Å². The number of ether oxygens (including phenoxy) is 2. The number of anilines is 1. The highest BCUT2D eigenvalue weighted by atomic mass is 35.5. The van der Waals surface area contributed by atoms with E-state index in [2.05, 4.69) is 14.9 Å². The lowest BCUT2D eigenvalue weighted by Crippen LogP contribution is -2.48. The molecular weight excluding hydrogens is 392 g/mol. The maximum Gasteiger partial charge on any atom is 0.224 e. The van der Waals surface area contributed by atoms with Crippen LogP contribution in [0.15, 0.2) is 30.6 Å². The van der Waals surface area contributed by atoms with E-state index >= 15 is 0 Å². The van der Waals surface area contributed by atoms with Crippen LogP contribution in [-0.2, 0) is 4.74 Å². The third kappa shape index (κ3) is 6.27. The Morgan fingerprint density at radius 1 is 1.17 bits per heavy atom. The standard InChI is InChI=1S/C21H29ClN4O3/c1-14-10-26(11-15(2)29-14)12-19(27)13-28-20-6-16(5-18(22)7-20)17-8-23-21(24-9-17)25(3)4/h5-9,14-15,19,27H,10-13H2,1-4H3/t14-,15+,19?. The SMILES string of the molecule is C[C@@H]1CN(CC(O)COc2cc(Cl)cc(-c3cnc(N(C)C)nc3)c2)C[C@H](C)O1. The van der Waals surface area contributed by atoms with E-state index in [1.807, 2.05) is 45.0 Å². The second-order valence-electron chi connectivity index (χ2n) is 7.78. The summed E-state index contributed by atoms with van der Waals surface area (Å²) in [5.41, 5.74) is 1.71. The van der Waals surface area contributed by atoms with Crippen LogP contribution in [0, 0.1) is 0 Å². The van der Waals surface area contributed by atoms with E-state index in [0.29, 0.717) is 23.3 Å². The number of halogens is 1. The first-order valence-electron chi connectivity index (χ1n) is 9.79. The summed E-state index contributed by atoms with van der Waals surface area (Å²) < 4.78 is 11.6. The van der Waals surface area contributed by atoms with Crippen molar-refractivity contribution in [3.05, 3.63) is 35.6 Å². The Balaban J connectivity index is 1.61. The summed E-state index contributed by atoms with van der Waals surface area (Å²) in [5.74, 6) is 1.24. The zero-order chi connectivity index (χ0) is 21.0. The smallest absolute Gasteiger partial charge is 0.224 e. The molecule has 158 valence electrons. The molecule has 29 heavy (non-hydrogen) atoms. The zero-order valence-electron chi connectivity index (χ0n) is 17.4. The van der Waals surface area contributed by atoms with Crippen molar-refractivity contribution in [1.29, 1.82) is 0 Å². The molecule has 1 aliphatic heterocycles. The molecule has 0 amide bonds. The number of hydrogen-bond donors (Lipinski definition) is 1. The predicted molar refractivity (Wildman–Crippen MR) is 115 cm³/mol. The van der Waals surface area contributed by atoms with Crippen LogP contribution in [-0.4, -0.2) is 78.6 Å². The molecule has 2 heterocycles. The lowest BCUT2D eigenvalue weighted by Gasteiger charge is -2.36. The number of nitrogens with zero attached hydrogens (tertiary/aromatic N) is 4. The van der Waals surface area contributed by atoms with Gasteiger partial charge in [-0.2, -0.15) is 0 Å².